The molecule has 5 nitrogen and oxygen atoms in total. The van der Waals surface area contributed by atoms with Crippen LogP contribution in [0.2, 0.25) is 0 Å². The number of nitrogens with zero attached hydrogens (tertiary/aromatic N) is 4. The van der Waals surface area contributed by atoms with Gasteiger partial charge in [-0.3, -0.25) is 18.9 Å². The van der Waals surface area contributed by atoms with Crippen LogP contribution in [-0.4, -0.2) is 19.1 Å². The number of aromatic nitrogens is 4. The van der Waals surface area contributed by atoms with Crippen LogP contribution in [0.3, 0.4) is 0 Å². The Morgan fingerprint density at radius 2 is 1.41 bits per heavy atom. The summed E-state index contributed by atoms with van der Waals surface area (Å²) in [5.41, 5.74) is 6.25. The van der Waals surface area contributed by atoms with Crippen molar-refractivity contribution in [1.82, 2.24) is 19.1 Å². The zero-order chi connectivity index (χ0) is 22.9. The molecule has 0 N–H and O–H groups in total. The first kappa shape index (κ1) is 19.9. The first-order valence-corrected chi connectivity index (χ1v) is 11.1. The fraction of sp³-hybridized carbons (Fsp3) is 0. The smallest absolute Gasteiger partial charge is 0.255 e. The molecule has 0 unspecified atom stereocenters. The summed E-state index contributed by atoms with van der Waals surface area (Å²) in [4.78, 5) is 22.2. The van der Waals surface area contributed by atoms with Gasteiger partial charge in [0.2, 0.25) is 0 Å². The zero-order valence-corrected chi connectivity index (χ0v) is 18.2. The Morgan fingerprint density at radius 1 is 0.647 bits per heavy atom. The van der Waals surface area contributed by atoms with Crippen molar-refractivity contribution in [3.05, 3.63) is 132 Å². The van der Waals surface area contributed by atoms with Gasteiger partial charge in [-0.1, -0.05) is 42.5 Å². The lowest BCUT2D eigenvalue weighted by molar-refractivity contribution is 0.989. The average molecular weight is 441 g/mol. The highest BCUT2D eigenvalue weighted by Crippen LogP contribution is 2.32. The van der Waals surface area contributed by atoms with Crippen molar-refractivity contribution in [2.45, 2.75) is 0 Å². The van der Waals surface area contributed by atoms with Gasteiger partial charge in [0.05, 0.1) is 16.7 Å². The van der Waals surface area contributed by atoms with E-state index in [1.165, 1.54) is 0 Å². The number of imidazole rings is 1. The van der Waals surface area contributed by atoms with Crippen molar-refractivity contribution in [1.29, 1.82) is 0 Å². The average Bonchev–Trinajstić information content (AvgIpc) is 3.29. The Kier molecular flexibility index (Phi) is 4.85. The van der Waals surface area contributed by atoms with Crippen LogP contribution in [-0.2, 0) is 0 Å². The van der Waals surface area contributed by atoms with Gasteiger partial charge >= 0.3 is 0 Å². The Balaban J connectivity index is 1.67. The summed E-state index contributed by atoms with van der Waals surface area (Å²) in [6.07, 6.45) is 3.55. The highest BCUT2D eigenvalue weighted by Gasteiger charge is 2.16. The Labute approximate surface area is 196 Å². The third kappa shape index (κ3) is 3.49. The van der Waals surface area contributed by atoms with Crippen LogP contribution >= 0.6 is 0 Å². The first-order valence-electron chi connectivity index (χ1n) is 11.1. The molecule has 0 aliphatic rings. The molecule has 0 aliphatic heterocycles. The Morgan fingerprint density at radius 3 is 2.24 bits per heavy atom. The molecular weight excluding hydrogens is 420 g/mol. The van der Waals surface area contributed by atoms with Crippen molar-refractivity contribution in [2.24, 2.45) is 0 Å². The Bertz CT molecular complexity index is 1670. The van der Waals surface area contributed by atoms with E-state index in [0.717, 1.165) is 45.1 Å². The third-order valence-electron chi connectivity index (χ3n) is 5.81. The largest absolute Gasteiger partial charge is 0.292 e. The maximum atomic E-state index is 12.7. The topological polar surface area (TPSA) is 52.7 Å². The van der Waals surface area contributed by atoms with E-state index in [1.54, 1.807) is 29.1 Å². The van der Waals surface area contributed by atoms with Gasteiger partial charge in [0.1, 0.15) is 5.82 Å². The number of hydrogen-bond donors (Lipinski definition) is 0. The first-order chi connectivity index (χ1) is 16.8. The molecule has 0 fully saturated rings. The van der Waals surface area contributed by atoms with E-state index in [0.29, 0.717) is 0 Å². The van der Waals surface area contributed by atoms with Crippen LogP contribution in [0.25, 0.3) is 45.1 Å². The molecule has 3 aromatic carbocycles. The van der Waals surface area contributed by atoms with Crippen LogP contribution in [0.5, 0.6) is 0 Å². The predicted molar refractivity (Wildman–Crippen MR) is 135 cm³/mol. The summed E-state index contributed by atoms with van der Waals surface area (Å²) < 4.78 is 3.80. The summed E-state index contributed by atoms with van der Waals surface area (Å²) in [6.45, 7) is 0. The minimum Gasteiger partial charge on any atom is -0.292 e. The maximum absolute atomic E-state index is 12.7. The molecule has 5 heteroatoms. The molecule has 0 bridgehead atoms. The number of benzene rings is 3. The predicted octanol–water partition coefficient (Wildman–Crippen LogP) is 5.91. The lowest BCUT2D eigenvalue weighted by Crippen LogP contribution is -2.15. The number of rotatable bonds is 4. The number of para-hydroxylation sites is 3. The summed E-state index contributed by atoms with van der Waals surface area (Å²) in [6, 6.07) is 35.4. The van der Waals surface area contributed by atoms with Gasteiger partial charge in [-0.2, -0.15) is 0 Å². The maximum Gasteiger partial charge on any atom is 0.255 e. The highest BCUT2D eigenvalue weighted by molar-refractivity contribution is 5.84. The molecule has 0 amide bonds. The highest BCUT2D eigenvalue weighted by atomic mass is 16.1. The van der Waals surface area contributed by atoms with Gasteiger partial charge in [-0.15, -0.1) is 0 Å². The second kappa shape index (κ2) is 8.30. The second-order valence-corrected chi connectivity index (χ2v) is 7.99. The van der Waals surface area contributed by atoms with Gasteiger partial charge in [0.15, 0.2) is 0 Å². The van der Waals surface area contributed by atoms with E-state index < -0.39 is 0 Å². The minimum absolute atomic E-state index is 0.0943. The van der Waals surface area contributed by atoms with Crippen LogP contribution in [0.15, 0.2) is 126 Å². The van der Waals surface area contributed by atoms with Crippen molar-refractivity contribution >= 4 is 11.0 Å². The van der Waals surface area contributed by atoms with E-state index in [4.69, 9.17) is 4.98 Å². The van der Waals surface area contributed by atoms with Crippen molar-refractivity contribution in [2.75, 3.05) is 0 Å². The van der Waals surface area contributed by atoms with E-state index in [1.807, 2.05) is 72.8 Å². The van der Waals surface area contributed by atoms with Crippen LogP contribution in [0, 0.1) is 0 Å². The van der Waals surface area contributed by atoms with Crippen LogP contribution in [0.1, 0.15) is 0 Å². The second-order valence-electron chi connectivity index (χ2n) is 7.99. The van der Waals surface area contributed by atoms with E-state index in [-0.39, 0.29) is 5.56 Å². The molecular formula is C29H20N4O. The third-order valence-corrected chi connectivity index (χ3v) is 5.81. The number of fused-ring (bicyclic) bond motifs is 1. The Hall–Kier alpha value is -4.77. The van der Waals surface area contributed by atoms with Crippen LogP contribution in [0.4, 0.5) is 0 Å². The van der Waals surface area contributed by atoms with Crippen molar-refractivity contribution in [3.8, 4) is 34.0 Å². The lowest BCUT2D eigenvalue weighted by atomic mass is 10.0. The summed E-state index contributed by atoms with van der Waals surface area (Å²) in [5, 5.41) is 0. The van der Waals surface area contributed by atoms with Crippen LogP contribution < -0.4 is 5.56 Å². The normalized spacial score (nSPS) is 11.1. The van der Waals surface area contributed by atoms with E-state index in [2.05, 4.69) is 33.8 Å². The summed E-state index contributed by atoms with van der Waals surface area (Å²) in [7, 11) is 0. The summed E-state index contributed by atoms with van der Waals surface area (Å²) >= 11 is 0. The lowest BCUT2D eigenvalue weighted by Gasteiger charge is -2.13. The molecule has 6 aromatic rings. The quantitative estimate of drug-likeness (QED) is 0.343. The van der Waals surface area contributed by atoms with Gasteiger partial charge in [-0.25, -0.2) is 4.98 Å². The molecule has 0 saturated heterocycles. The fourth-order valence-electron chi connectivity index (χ4n) is 4.26. The number of hydrogen-bond acceptors (Lipinski definition) is 3. The minimum atomic E-state index is -0.0943. The van der Waals surface area contributed by atoms with Crippen molar-refractivity contribution in [3.63, 3.8) is 0 Å². The molecule has 0 radical (unpaired) electrons. The number of pyridine rings is 2. The monoisotopic (exact) mass is 440 g/mol. The summed E-state index contributed by atoms with van der Waals surface area (Å²) in [5.74, 6) is 0.801. The SMILES string of the molecule is O=c1ccccn1-c1cc(-c2ccccn2)cc(-c2nc3ccccc3n2-c2ccccc2)c1. The molecule has 0 saturated carbocycles. The molecule has 0 spiro atoms. The van der Waals surface area contributed by atoms with Gasteiger partial charge in [0.25, 0.3) is 5.56 Å². The molecule has 34 heavy (non-hydrogen) atoms. The molecule has 3 heterocycles. The molecule has 0 aliphatic carbocycles. The van der Waals surface area contributed by atoms with E-state index in [9.17, 15) is 4.79 Å². The standard InChI is InChI=1S/C29H20N4O/c34-28-15-7-9-17-32(28)24-19-21(25-12-6-8-16-30-25)18-22(20-24)29-31-26-13-4-5-14-27(26)33(29)23-10-2-1-3-11-23/h1-20H. The van der Waals surface area contributed by atoms with Gasteiger partial charge < -0.3 is 0 Å². The molecule has 0 atom stereocenters. The fourth-order valence-corrected chi connectivity index (χ4v) is 4.26. The zero-order valence-electron chi connectivity index (χ0n) is 18.2. The van der Waals surface area contributed by atoms with Gasteiger partial charge in [-0.05, 0) is 60.7 Å². The van der Waals surface area contributed by atoms with Gasteiger partial charge in [0, 0.05) is 41.0 Å². The van der Waals surface area contributed by atoms with E-state index >= 15 is 0 Å². The van der Waals surface area contributed by atoms with Crippen molar-refractivity contribution < 1.29 is 0 Å². The molecule has 162 valence electrons. The molecule has 6 rings (SSSR count). The molecule has 3 aromatic heterocycles.